The summed E-state index contributed by atoms with van der Waals surface area (Å²) in [6.45, 7) is 2.87. The molecule has 0 saturated carbocycles. The number of nitrogens with one attached hydrogen (secondary N) is 1. The van der Waals surface area contributed by atoms with Gasteiger partial charge in [-0.1, -0.05) is 17.7 Å². The number of amides is 2. The molecular weight excluding hydrogens is 526 g/mol. The molecule has 2 fully saturated rings. The lowest BCUT2D eigenvalue weighted by molar-refractivity contribution is -0.148. The van der Waals surface area contributed by atoms with E-state index in [-0.39, 0.29) is 30.1 Å². The predicted octanol–water partition coefficient (Wildman–Crippen LogP) is 1.60. The fraction of sp³-hybridized carbons (Fsp3) is 0.423. The highest BCUT2D eigenvalue weighted by Crippen LogP contribution is 2.31. The van der Waals surface area contributed by atoms with Gasteiger partial charge in [0, 0.05) is 51.2 Å². The minimum atomic E-state index is -0.752. The van der Waals surface area contributed by atoms with Gasteiger partial charge in [0.05, 0.1) is 0 Å². The van der Waals surface area contributed by atoms with Gasteiger partial charge >= 0.3 is 0 Å². The first-order valence-electron chi connectivity index (χ1n) is 12.9. The first-order valence-corrected chi connectivity index (χ1v) is 13.3. The van der Waals surface area contributed by atoms with Gasteiger partial charge in [-0.3, -0.25) is 14.2 Å². The third kappa shape index (κ3) is 5.48. The fourth-order valence-corrected chi connectivity index (χ4v) is 5.16. The number of rotatable bonds is 6. The number of carbonyl (C=O) groups is 2. The highest BCUT2D eigenvalue weighted by molar-refractivity contribution is 6.29. The second kappa shape index (κ2) is 11.1. The molecule has 3 aliphatic rings. The fourth-order valence-electron chi connectivity index (χ4n) is 4.99. The average Bonchev–Trinajstić information content (AvgIpc) is 3.70. The van der Waals surface area contributed by atoms with Crippen molar-refractivity contribution in [3.05, 3.63) is 53.7 Å². The molecule has 2 saturated heterocycles. The molecule has 0 spiro atoms. The van der Waals surface area contributed by atoms with Crippen LogP contribution in [-0.4, -0.2) is 87.8 Å². The topological polar surface area (TPSA) is 124 Å². The maximum atomic E-state index is 13.6. The molecule has 0 radical (unpaired) electrons. The van der Waals surface area contributed by atoms with Crippen molar-refractivity contribution in [3.8, 4) is 17.4 Å². The van der Waals surface area contributed by atoms with Gasteiger partial charge in [-0.15, -0.1) is 0 Å². The van der Waals surface area contributed by atoms with Crippen LogP contribution < -0.4 is 19.7 Å². The number of carbonyl (C=O) groups excluding carboxylic acids is 2. The van der Waals surface area contributed by atoms with Gasteiger partial charge in [-0.05, 0) is 30.5 Å². The van der Waals surface area contributed by atoms with Crippen LogP contribution in [0, 0.1) is 0 Å². The Hall–Kier alpha value is -3.90. The molecule has 2 amide bonds. The normalized spacial score (nSPS) is 20.6. The lowest BCUT2D eigenvalue weighted by Crippen LogP contribution is -2.62. The first-order chi connectivity index (χ1) is 19.0. The zero-order valence-electron chi connectivity index (χ0n) is 21.2. The standard InChI is InChI=1S/C26H28ClN7O5/c27-22-13-23(31-26(30-22)33-6-5-28-16-33)32-7-8-34(25(36)20-2-1-9-37-20)18(15-32)24(35)29-14-17-3-4-19-21(12-17)39-11-10-38-19/h3-6,12-13,16,18,20H,1-2,7-11,14-15H2,(H,29,35). The Labute approximate surface area is 229 Å². The van der Waals surface area contributed by atoms with Gasteiger partial charge in [-0.25, -0.2) is 9.97 Å². The summed E-state index contributed by atoms with van der Waals surface area (Å²) >= 11 is 6.33. The van der Waals surface area contributed by atoms with Crippen LogP contribution in [0.15, 0.2) is 43.0 Å². The summed E-state index contributed by atoms with van der Waals surface area (Å²) in [5.74, 6) is 1.84. The summed E-state index contributed by atoms with van der Waals surface area (Å²) in [7, 11) is 0. The number of anilines is 1. The molecule has 2 aromatic heterocycles. The summed E-state index contributed by atoms with van der Waals surface area (Å²) in [6, 6.07) is 6.48. The van der Waals surface area contributed by atoms with Crippen LogP contribution in [0.4, 0.5) is 5.82 Å². The van der Waals surface area contributed by atoms with Crippen molar-refractivity contribution in [2.24, 2.45) is 0 Å². The maximum Gasteiger partial charge on any atom is 0.252 e. The van der Waals surface area contributed by atoms with Crippen molar-refractivity contribution in [3.63, 3.8) is 0 Å². The van der Waals surface area contributed by atoms with E-state index < -0.39 is 12.1 Å². The van der Waals surface area contributed by atoms with E-state index in [1.165, 1.54) is 0 Å². The molecule has 6 rings (SSSR count). The zero-order valence-corrected chi connectivity index (χ0v) is 21.9. The van der Waals surface area contributed by atoms with Gasteiger partial charge in [0.25, 0.3) is 5.91 Å². The van der Waals surface area contributed by atoms with Crippen molar-refractivity contribution < 1.29 is 23.8 Å². The van der Waals surface area contributed by atoms with Crippen LogP contribution in [0.25, 0.3) is 5.95 Å². The lowest BCUT2D eigenvalue weighted by atomic mass is 10.1. The average molecular weight is 554 g/mol. The van der Waals surface area contributed by atoms with Gasteiger partial charge < -0.3 is 29.3 Å². The molecule has 12 nitrogen and oxygen atoms in total. The molecule has 2 atom stereocenters. The van der Waals surface area contributed by atoms with E-state index in [9.17, 15) is 9.59 Å². The monoisotopic (exact) mass is 553 g/mol. The van der Waals surface area contributed by atoms with Crippen molar-refractivity contribution in [2.45, 2.75) is 31.5 Å². The number of imidazole rings is 1. The molecule has 5 heterocycles. The first kappa shape index (κ1) is 25.4. The van der Waals surface area contributed by atoms with E-state index >= 15 is 0 Å². The van der Waals surface area contributed by atoms with Crippen LogP contribution >= 0.6 is 11.6 Å². The Kier molecular flexibility index (Phi) is 7.20. The summed E-state index contributed by atoms with van der Waals surface area (Å²) in [5, 5.41) is 3.27. The van der Waals surface area contributed by atoms with Crippen LogP contribution in [0.1, 0.15) is 18.4 Å². The summed E-state index contributed by atoms with van der Waals surface area (Å²) in [5.41, 5.74) is 0.866. The number of hydrogen-bond donors (Lipinski definition) is 1. The largest absolute Gasteiger partial charge is 0.486 e. The molecule has 1 aromatic carbocycles. The number of piperazine rings is 1. The SMILES string of the molecule is O=C(NCc1ccc2c(c1)OCCO2)C1CN(c2cc(Cl)nc(-n3ccnc3)n2)CCN1C(=O)C1CCCO1. The Morgan fingerprint density at radius 1 is 1.08 bits per heavy atom. The zero-order chi connectivity index (χ0) is 26.8. The molecule has 13 heteroatoms. The Morgan fingerprint density at radius 3 is 2.74 bits per heavy atom. The van der Waals surface area contributed by atoms with Gasteiger partial charge in [-0.2, -0.15) is 4.98 Å². The van der Waals surface area contributed by atoms with E-state index in [1.54, 1.807) is 34.3 Å². The highest BCUT2D eigenvalue weighted by Gasteiger charge is 2.39. The number of hydrogen-bond acceptors (Lipinski definition) is 9. The molecule has 204 valence electrons. The highest BCUT2D eigenvalue weighted by atomic mass is 35.5. The molecule has 39 heavy (non-hydrogen) atoms. The molecule has 3 aliphatic heterocycles. The molecule has 2 unspecified atom stereocenters. The van der Waals surface area contributed by atoms with Crippen LogP contribution in [0.5, 0.6) is 11.5 Å². The summed E-state index contributed by atoms with van der Waals surface area (Å²) in [6.07, 6.45) is 5.89. The lowest BCUT2D eigenvalue weighted by Gasteiger charge is -2.41. The number of aromatic nitrogens is 4. The van der Waals surface area contributed by atoms with E-state index in [0.717, 1.165) is 12.0 Å². The molecule has 3 aromatic rings. The Morgan fingerprint density at radius 2 is 1.95 bits per heavy atom. The molecule has 1 N–H and O–H groups in total. The Balaban J connectivity index is 1.21. The maximum absolute atomic E-state index is 13.6. The second-order valence-corrected chi connectivity index (χ2v) is 9.90. The van der Waals surface area contributed by atoms with Crippen molar-refractivity contribution in [1.82, 2.24) is 29.7 Å². The third-order valence-electron chi connectivity index (χ3n) is 6.97. The van der Waals surface area contributed by atoms with E-state index in [1.807, 2.05) is 23.1 Å². The van der Waals surface area contributed by atoms with E-state index in [4.69, 9.17) is 25.8 Å². The van der Waals surface area contributed by atoms with Crippen LogP contribution in [-0.2, 0) is 20.9 Å². The number of ether oxygens (including phenoxy) is 3. The molecule has 0 bridgehead atoms. The van der Waals surface area contributed by atoms with Crippen LogP contribution in [0.3, 0.4) is 0 Å². The molecular formula is C26H28ClN7O5. The number of halogens is 1. The van der Waals surface area contributed by atoms with Crippen molar-refractivity contribution in [2.75, 3.05) is 44.4 Å². The number of fused-ring (bicyclic) bond motifs is 1. The number of nitrogens with zero attached hydrogens (tertiary/aromatic N) is 6. The third-order valence-corrected chi connectivity index (χ3v) is 7.17. The van der Waals surface area contributed by atoms with Crippen molar-refractivity contribution in [1.29, 1.82) is 0 Å². The van der Waals surface area contributed by atoms with Crippen molar-refractivity contribution >= 4 is 29.2 Å². The minimum absolute atomic E-state index is 0.161. The smallest absolute Gasteiger partial charge is 0.252 e. The Bertz CT molecular complexity index is 1350. The second-order valence-electron chi connectivity index (χ2n) is 9.51. The van der Waals surface area contributed by atoms with E-state index in [2.05, 4.69) is 20.3 Å². The van der Waals surface area contributed by atoms with Gasteiger partial charge in [0.2, 0.25) is 11.9 Å². The summed E-state index contributed by atoms with van der Waals surface area (Å²) in [4.78, 5) is 43.5. The minimum Gasteiger partial charge on any atom is -0.486 e. The quantitative estimate of drug-likeness (QED) is 0.453. The summed E-state index contributed by atoms with van der Waals surface area (Å²) < 4.78 is 18.6. The molecule has 0 aliphatic carbocycles. The van der Waals surface area contributed by atoms with Gasteiger partial charge in [0.1, 0.15) is 42.7 Å². The van der Waals surface area contributed by atoms with Crippen LogP contribution in [0.2, 0.25) is 5.15 Å². The van der Waals surface area contributed by atoms with Gasteiger partial charge in [0.15, 0.2) is 11.5 Å². The predicted molar refractivity (Wildman–Crippen MR) is 140 cm³/mol. The number of benzene rings is 1. The van der Waals surface area contributed by atoms with E-state index in [0.29, 0.717) is 62.6 Å².